The van der Waals surface area contributed by atoms with Gasteiger partial charge >= 0.3 is 0 Å². The van der Waals surface area contributed by atoms with E-state index in [0.717, 1.165) is 18.4 Å². The lowest BCUT2D eigenvalue weighted by Crippen LogP contribution is -2.37. The fourth-order valence-electron chi connectivity index (χ4n) is 3.12. The highest BCUT2D eigenvalue weighted by atomic mass is 35.5. The average Bonchev–Trinajstić information content (AvgIpc) is 2.63. The summed E-state index contributed by atoms with van der Waals surface area (Å²) in [6.45, 7) is 2.30. The molecule has 8 heteroatoms. The summed E-state index contributed by atoms with van der Waals surface area (Å²) in [5.41, 5.74) is 2.51. The molecule has 0 atom stereocenters. The minimum Gasteiger partial charge on any atom is -0.322 e. The Hall–Kier alpha value is -1.76. The number of halogens is 2. The minimum atomic E-state index is -3.37. The van der Waals surface area contributed by atoms with E-state index in [9.17, 15) is 13.2 Å². The minimum absolute atomic E-state index is 0.103. The number of fused-ring (bicyclic) bond motifs is 1. The van der Waals surface area contributed by atoms with Crippen molar-refractivity contribution in [2.24, 2.45) is 0 Å². The molecule has 0 aliphatic carbocycles. The number of anilines is 2. The summed E-state index contributed by atoms with van der Waals surface area (Å²) < 4.78 is 26.6. The molecule has 0 unspecified atom stereocenters. The predicted octanol–water partition coefficient (Wildman–Crippen LogP) is 4.74. The van der Waals surface area contributed by atoms with Gasteiger partial charge in [0.1, 0.15) is 0 Å². The number of aryl methyl sites for hydroxylation is 1. The molecule has 27 heavy (non-hydrogen) atoms. The van der Waals surface area contributed by atoms with Crippen molar-refractivity contribution in [1.29, 1.82) is 0 Å². The maximum absolute atomic E-state index is 12.6. The first kappa shape index (κ1) is 20.0. The SMILES string of the molecule is CCCS(=O)(=O)N1CCCc2ccc(NC(=O)c3ccc(Cl)c(Cl)c3)cc21. The third kappa shape index (κ3) is 4.39. The van der Waals surface area contributed by atoms with Gasteiger partial charge in [-0.15, -0.1) is 0 Å². The van der Waals surface area contributed by atoms with Crippen LogP contribution in [0.5, 0.6) is 0 Å². The summed E-state index contributed by atoms with van der Waals surface area (Å²) in [7, 11) is -3.37. The lowest BCUT2D eigenvalue weighted by atomic mass is 10.0. The topological polar surface area (TPSA) is 66.5 Å². The number of carbonyl (C=O) groups excluding carboxylic acids is 1. The largest absolute Gasteiger partial charge is 0.322 e. The number of rotatable bonds is 5. The second-order valence-corrected chi connectivity index (χ2v) is 9.25. The van der Waals surface area contributed by atoms with Crippen molar-refractivity contribution in [3.05, 3.63) is 57.6 Å². The van der Waals surface area contributed by atoms with E-state index < -0.39 is 10.0 Å². The van der Waals surface area contributed by atoms with Gasteiger partial charge in [-0.1, -0.05) is 36.2 Å². The molecule has 1 N–H and O–H groups in total. The van der Waals surface area contributed by atoms with Gasteiger partial charge in [0.05, 0.1) is 21.5 Å². The van der Waals surface area contributed by atoms with Gasteiger partial charge in [0.15, 0.2) is 0 Å². The Bertz CT molecular complexity index is 977. The normalized spacial score (nSPS) is 14.0. The van der Waals surface area contributed by atoms with E-state index in [-0.39, 0.29) is 11.7 Å². The molecule has 1 aliphatic rings. The number of hydrogen-bond acceptors (Lipinski definition) is 3. The molecule has 1 amide bonds. The van der Waals surface area contributed by atoms with Crippen molar-refractivity contribution in [2.75, 3.05) is 21.9 Å². The number of nitrogens with one attached hydrogen (secondary N) is 1. The molecule has 0 aromatic heterocycles. The highest BCUT2D eigenvalue weighted by molar-refractivity contribution is 7.92. The van der Waals surface area contributed by atoms with E-state index >= 15 is 0 Å². The molecule has 1 aliphatic heterocycles. The van der Waals surface area contributed by atoms with E-state index in [1.165, 1.54) is 10.4 Å². The van der Waals surface area contributed by atoms with Crippen LogP contribution in [0.4, 0.5) is 11.4 Å². The van der Waals surface area contributed by atoms with Crippen LogP contribution in [0.1, 0.15) is 35.7 Å². The molecule has 0 saturated carbocycles. The van der Waals surface area contributed by atoms with Gasteiger partial charge in [-0.3, -0.25) is 9.10 Å². The Morgan fingerprint density at radius 2 is 1.93 bits per heavy atom. The number of sulfonamides is 1. The van der Waals surface area contributed by atoms with Crippen LogP contribution in [0.3, 0.4) is 0 Å². The van der Waals surface area contributed by atoms with Crippen molar-refractivity contribution in [3.8, 4) is 0 Å². The maximum atomic E-state index is 12.6. The van der Waals surface area contributed by atoms with Crippen LogP contribution in [0, 0.1) is 0 Å². The summed E-state index contributed by atoms with van der Waals surface area (Å²) in [4.78, 5) is 12.5. The lowest BCUT2D eigenvalue weighted by molar-refractivity contribution is 0.102. The highest BCUT2D eigenvalue weighted by Gasteiger charge is 2.27. The van der Waals surface area contributed by atoms with Crippen molar-refractivity contribution in [1.82, 2.24) is 0 Å². The fourth-order valence-corrected chi connectivity index (χ4v) is 5.03. The van der Waals surface area contributed by atoms with Gasteiger partial charge < -0.3 is 5.32 Å². The molecular formula is C19H20Cl2N2O3S. The quantitative estimate of drug-likeness (QED) is 0.750. The van der Waals surface area contributed by atoms with E-state index in [4.69, 9.17) is 23.2 Å². The molecule has 0 saturated heterocycles. The summed E-state index contributed by atoms with van der Waals surface area (Å²) in [5, 5.41) is 3.47. The smallest absolute Gasteiger partial charge is 0.255 e. The third-order valence-electron chi connectivity index (χ3n) is 4.40. The molecule has 3 rings (SSSR count). The Morgan fingerprint density at radius 1 is 1.15 bits per heavy atom. The van der Waals surface area contributed by atoms with Crippen LogP contribution in [0.15, 0.2) is 36.4 Å². The first-order chi connectivity index (χ1) is 12.8. The molecule has 0 radical (unpaired) electrons. The predicted molar refractivity (Wildman–Crippen MR) is 111 cm³/mol. The van der Waals surface area contributed by atoms with Crippen molar-refractivity contribution in [2.45, 2.75) is 26.2 Å². The molecule has 0 spiro atoms. The number of carbonyl (C=O) groups is 1. The third-order valence-corrected chi connectivity index (χ3v) is 7.11. The van der Waals surface area contributed by atoms with Gasteiger partial charge in [0.2, 0.25) is 10.0 Å². The average molecular weight is 427 g/mol. The zero-order valence-electron chi connectivity index (χ0n) is 14.8. The van der Waals surface area contributed by atoms with Crippen molar-refractivity contribution >= 4 is 50.5 Å². The van der Waals surface area contributed by atoms with E-state index in [1.807, 2.05) is 13.0 Å². The Kier molecular flexibility index (Phi) is 5.99. The van der Waals surface area contributed by atoms with E-state index in [2.05, 4.69) is 5.32 Å². The zero-order valence-corrected chi connectivity index (χ0v) is 17.2. The van der Waals surface area contributed by atoms with Crippen LogP contribution >= 0.6 is 23.2 Å². The Morgan fingerprint density at radius 3 is 2.63 bits per heavy atom. The first-order valence-electron chi connectivity index (χ1n) is 8.71. The van der Waals surface area contributed by atoms with Crippen LogP contribution in [-0.4, -0.2) is 26.6 Å². The van der Waals surface area contributed by atoms with Crippen molar-refractivity contribution < 1.29 is 13.2 Å². The highest BCUT2D eigenvalue weighted by Crippen LogP contribution is 2.32. The summed E-state index contributed by atoms with van der Waals surface area (Å²) in [5.74, 6) is -0.237. The summed E-state index contributed by atoms with van der Waals surface area (Å²) in [6.07, 6.45) is 2.15. The van der Waals surface area contributed by atoms with Gasteiger partial charge in [0.25, 0.3) is 5.91 Å². The van der Waals surface area contributed by atoms with Crippen molar-refractivity contribution in [3.63, 3.8) is 0 Å². The molecule has 0 bridgehead atoms. The Balaban J connectivity index is 1.88. The molecule has 5 nitrogen and oxygen atoms in total. The molecule has 144 valence electrons. The first-order valence-corrected chi connectivity index (χ1v) is 11.1. The Labute approximate surface area is 169 Å². The standard InChI is InChI=1S/C19H20Cl2N2O3S/c1-2-10-27(25,26)23-9-3-4-13-5-7-15(12-18(13)23)22-19(24)14-6-8-16(20)17(21)11-14/h5-8,11-12H,2-4,9-10H2,1H3,(H,22,24). The van der Waals surface area contributed by atoms with Crippen LogP contribution in [-0.2, 0) is 16.4 Å². The van der Waals surface area contributed by atoms with E-state index in [1.54, 1.807) is 24.3 Å². The molecular weight excluding hydrogens is 407 g/mol. The van der Waals surface area contributed by atoms with Gasteiger partial charge in [-0.05, 0) is 55.2 Å². The van der Waals surface area contributed by atoms with Gasteiger partial charge in [0, 0.05) is 17.8 Å². The maximum Gasteiger partial charge on any atom is 0.255 e. The number of nitrogens with zero attached hydrogens (tertiary/aromatic N) is 1. The zero-order chi connectivity index (χ0) is 19.6. The molecule has 0 fully saturated rings. The molecule has 2 aromatic rings. The number of amides is 1. The van der Waals surface area contributed by atoms with Gasteiger partial charge in [-0.2, -0.15) is 0 Å². The van der Waals surface area contributed by atoms with E-state index in [0.29, 0.717) is 39.9 Å². The second-order valence-electron chi connectivity index (χ2n) is 6.42. The van der Waals surface area contributed by atoms with Gasteiger partial charge in [-0.25, -0.2) is 8.42 Å². The summed E-state index contributed by atoms with van der Waals surface area (Å²) >= 11 is 11.9. The van der Waals surface area contributed by atoms with Crippen LogP contribution in [0.2, 0.25) is 10.0 Å². The summed E-state index contributed by atoms with van der Waals surface area (Å²) in [6, 6.07) is 10.0. The van der Waals surface area contributed by atoms with Crippen LogP contribution < -0.4 is 9.62 Å². The monoisotopic (exact) mass is 426 g/mol. The number of benzene rings is 2. The fraction of sp³-hybridized carbons (Fsp3) is 0.316. The van der Waals surface area contributed by atoms with Crippen LogP contribution in [0.25, 0.3) is 0 Å². The second kappa shape index (κ2) is 8.09. The lowest BCUT2D eigenvalue weighted by Gasteiger charge is -2.31. The number of hydrogen-bond donors (Lipinski definition) is 1. The molecule has 2 aromatic carbocycles. The molecule has 1 heterocycles.